The third-order valence-electron chi connectivity index (χ3n) is 7.39. The molecule has 9 heteroatoms. The Kier molecular flexibility index (Phi) is 9.88. The van der Waals surface area contributed by atoms with Crippen molar-refractivity contribution in [1.82, 2.24) is 10.6 Å². The van der Waals surface area contributed by atoms with Gasteiger partial charge in [0.05, 0.1) is 18.2 Å². The lowest BCUT2D eigenvalue weighted by molar-refractivity contribution is -0.128. The van der Waals surface area contributed by atoms with Crippen LogP contribution in [0.1, 0.15) is 61.6 Å². The molecule has 0 unspecified atom stereocenters. The van der Waals surface area contributed by atoms with Gasteiger partial charge in [-0.15, -0.1) is 0 Å². The first-order chi connectivity index (χ1) is 19.9. The molecule has 6 N–H and O–H groups in total. The van der Waals surface area contributed by atoms with Gasteiger partial charge in [-0.1, -0.05) is 66.7 Å². The first kappa shape index (κ1) is 31.0. The molecule has 0 fully saturated rings. The minimum atomic E-state index is -1.23. The monoisotopic (exact) mass is 576 g/mol. The normalized spacial score (nSPS) is 20.2. The van der Waals surface area contributed by atoms with Crippen LogP contribution in [0.5, 0.6) is 5.75 Å². The fourth-order valence-corrected chi connectivity index (χ4v) is 5.31. The Balaban J connectivity index is 1.57. The van der Waals surface area contributed by atoms with Gasteiger partial charge in [0.2, 0.25) is 5.91 Å². The summed E-state index contributed by atoms with van der Waals surface area (Å²) in [5.41, 5.74) is 2.08. The molecule has 1 aliphatic carbocycles. The molecule has 0 aromatic heterocycles. The van der Waals surface area contributed by atoms with Gasteiger partial charge in [0.15, 0.2) is 0 Å². The number of hydrogen-bond acceptors (Lipinski definition) is 7. The molecule has 0 aliphatic heterocycles. The Bertz CT molecular complexity index is 1340. The molecule has 0 saturated carbocycles. The van der Waals surface area contributed by atoms with E-state index in [2.05, 4.69) is 10.6 Å². The highest BCUT2D eigenvalue weighted by Crippen LogP contribution is 2.39. The molecule has 2 amide bonds. The zero-order chi connectivity index (χ0) is 30.4. The summed E-state index contributed by atoms with van der Waals surface area (Å²) in [7, 11) is 0. The molecular formula is C33H40N2O7. The first-order valence-corrected chi connectivity index (χ1v) is 14.2. The van der Waals surface area contributed by atoms with Gasteiger partial charge >= 0.3 is 6.09 Å². The summed E-state index contributed by atoms with van der Waals surface area (Å²) in [5.74, 6) is -1.12. The number of nitrogens with one attached hydrogen (secondary N) is 2. The van der Waals surface area contributed by atoms with Gasteiger partial charge in [-0.05, 0) is 74.4 Å². The van der Waals surface area contributed by atoms with Crippen LogP contribution in [0.4, 0.5) is 4.79 Å². The number of phenolic OH excluding ortho intramolecular Hbond substituents is 1. The molecule has 4 rings (SSSR count). The van der Waals surface area contributed by atoms with Crippen LogP contribution in [0.3, 0.4) is 0 Å². The van der Waals surface area contributed by atoms with Crippen LogP contribution in [0.2, 0.25) is 0 Å². The zero-order valence-electron chi connectivity index (χ0n) is 24.1. The second-order valence-electron chi connectivity index (χ2n) is 11.9. The summed E-state index contributed by atoms with van der Waals surface area (Å²) in [6, 6.07) is 21.2. The van der Waals surface area contributed by atoms with Crippen LogP contribution in [0.15, 0.2) is 78.9 Å². The third kappa shape index (κ3) is 8.09. The number of ether oxygens (including phenoxy) is 1. The predicted molar refractivity (Wildman–Crippen MR) is 158 cm³/mol. The van der Waals surface area contributed by atoms with Crippen molar-refractivity contribution in [2.24, 2.45) is 5.92 Å². The van der Waals surface area contributed by atoms with E-state index in [-0.39, 0.29) is 18.6 Å². The Hall–Kier alpha value is -3.92. The lowest BCUT2D eigenvalue weighted by Crippen LogP contribution is -2.48. The molecule has 0 heterocycles. The summed E-state index contributed by atoms with van der Waals surface area (Å²) in [5, 5.41) is 48.2. The second-order valence-corrected chi connectivity index (χ2v) is 11.9. The first-order valence-electron chi connectivity index (χ1n) is 14.2. The highest BCUT2D eigenvalue weighted by atomic mass is 16.6. The summed E-state index contributed by atoms with van der Waals surface area (Å²) in [4.78, 5) is 26.5. The SMILES string of the molecule is CC(C)(C)OC(=O)N[C@@H](Cc1ccccc1)[C@@H](O)C[C@@H](Cc1ccc(O)cc1)C(=O)N[C@H]1c2ccccc2[C@@H](O)[C@@H]1O. The number of amides is 2. The third-order valence-corrected chi connectivity index (χ3v) is 7.39. The Morgan fingerprint density at radius 2 is 1.45 bits per heavy atom. The van der Waals surface area contributed by atoms with Gasteiger partial charge in [0.1, 0.15) is 23.6 Å². The number of aliphatic hydroxyl groups is 3. The van der Waals surface area contributed by atoms with Crippen LogP contribution in [-0.2, 0) is 22.4 Å². The van der Waals surface area contributed by atoms with Gasteiger partial charge in [-0.25, -0.2) is 4.79 Å². The minimum absolute atomic E-state index is 0.0208. The molecule has 6 atom stereocenters. The van der Waals surface area contributed by atoms with Gasteiger partial charge in [-0.2, -0.15) is 0 Å². The molecule has 224 valence electrons. The Labute approximate surface area is 246 Å². The number of hydrogen-bond donors (Lipinski definition) is 6. The van der Waals surface area contributed by atoms with E-state index in [9.17, 15) is 30.0 Å². The van der Waals surface area contributed by atoms with E-state index in [1.54, 1.807) is 57.2 Å². The van der Waals surface area contributed by atoms with E-state index < -0.39 is 53.9 Å². The lowest BCUT2D eigenvalue weighted by Gasteiger charge is -2.30. The number of aromatic hydroxyl groups is 1. The summed E-state index contributed by atoms with van der Waals surface area (Å²) in [6.07, 6.45) is -3.69. The quantitative estimate of drug-likeness (QED) is 0.216. The van der Waals surface area contributed by atoms with Crippen LogP contribution in [0.25, 0.3) is 0 Å². The number of carbonyl (C=O) groups excluding carboxylic acids is 2. The molecule has 42 heavy (non-hydrogen) atoms. The topological polar surface area (TPSA) is 148 Å². The molecule has 0 bridgehead atoms. The number of rotatable bonds is 10. The van der Waals surface area contributed by atoms with Crippen molar-refractivity contribution in [1.29, 1.82) is 0 Å². The number of carbonyl (C=O) groups is 2. The van der Waals surface area contributed by atoms with E-state index in [1.165, 1.54) is 12.1 Å². The maximum Gasteiger partial charge on any atom is 0.407 e. The number of aliphatic hydroxyl groups excluding tert-OH is 3. The smallest absolute Gasteiger partial charge is 0.407 e. The van der Waals surface area contributed by atoms with Crippen LogP contribution >= 0.6 is 0 Å². The highest BCUT2D eigenvalue weighted by Gasteiger charge is 2.40. The van der Waals surface area contributed by atoms with Gasteiger partial charge in [0.25, 0.3) is 0 Å². The molecule has 3 aromatic rings. The molecule has 0 radical (unpaired) electrons. The van der Waals surface area contributed by atoms with Crippen LogP contribution in [0, 0.1) is 5.92 Å². The fourth-order valence-electron chi connectivity index (χ4n) is 5.31. The minimum Gasteiger partial charge on any atom is -0.508 e. The van der Waals surface area contributed by atoms with E-state index in [1.807, 2.05) is 30.3 Å². The largest absolute Gasteiger partial charge is 0.508 e. The summed E-state index contributed by atoms with van der Waals surface area (Å²) < 4.78 is 5.44. The van der Waals surface area contributed by atoms with Crippen molar-refractivity contribution >= 4 is 12.0 Å². The van der Waals surface area contributed by atoms with Crippen LogP contribution in [-0.4, -0.2) is 56.3 Å². The Morgan fingerprint density at radius 1 is 0.857 bits per heavy atom. The van der Waals surface area contributed by atoms with E-state index in [4.69, 9.17) is 4.74 Å². The average Bonchev–Trinajstić information content (AvgIpc) is 3.17. The van der Waals surface area contributed by atoms with E-state index in [0.717, 1.165) is 11.1 Å². The Morgan fingerprint density at radius 3 is 2.10 bits per heavy atom. The van der Waals surface area contributed by atoms with Gasteiger partial charge in [-0.3, -0.25) is 4.79 Å². The van der Waals surface area contributed by atoms with Gasteiger partial charge < -0.3 is 35.8 Å². The molecule has 0 saturated heterocycles. The summed E-state index contributed by atoms with van der Waals surface area (Å²) in [6.45, 7) is 5.25. The average molecular weight is 577 g/mol. The predicted octanol–water partition coefficient (Wildman–Crippen LogP) is 3.70. The van der Waals surface area contributed by atoms with Crippen LogP contribution < -0.4 is 10.6 Å². The van der Waals surface area contributed by atoms with Crippen molar-refractivity contribution in [3.8, 4) is 5.75 Å². The molecular weight excluding hydrogens is 536 g/mol. The zero-order valence-corrected chi connectivity index (χ0v) is 24.1. The van der Waals surface area contributed by atoms with Gasteiger partial charge in [0, 0.05) is 5.92 Å². The van der Waals surface area contributed by atoms with Crippen molar-refractivity contribution in [2.75, 3.05) is 0 Å². The van der Waals surface area contributed by atoms with E-state index in [0.29, 0.717) is 17.5 Å². The number of benzene rings is 3. The van der Waals surface area contributed by atoms with Crippen molar-refractivity contribution in [3.63, 3.8) is 0 Å². The van der Waals surface area contributed by atoms with Crippen molar-refractivity contribution < 1.29 is 34.8 Å². The number of alkyl carbamates (subject to hydrolysis) is 1. The number of fused-ring (bicyclic) bond motifs is 1. The number of phenols is 1. The molecule has 3 aromatic carbocycles. The summed E-state index contributed by atoms with van der Waals surface area (Å²) >= 11 is 0. The maximum absolute atomic E-state index is 13.8. The maximum atomic E-state index is 13.8. The molecule has 0 spiro atoms. The fraction of sp³-hybridized carbons (Fsp3) is 0.394. The van der Waals surface area contributed by atoms with Crippen molar-refractivity contribution in [2.45, 2.75) is 76.0 Å². The second kappa shape index (κ2) is 13.4. The lowest BCUT2D eigenvalue weighted by atomic mass is 9.88. The van der Waals surface area contributed by atoms with Crippen molar-refractivity contribution in [3.05, 3.63) is 101 Å². The van der Waals surface area contributed by atoms with E-state index >= 15 is 0 Å². The highest BCUT2D eigenvalue weighted by molar-refractivity contribution is 5.80. The molecule has 1 aliphatic rings. The standard InChI is InChI=1S/C33H40N2O7/c1-33(2,3)42-32(41)34-26(18-20-9-5-4-6-10-20)27(37)19-22(17-21-13-15-23(36)16-14-21)31(40)35-28-24-11-7-8-12-25(24)29(38)30(28)39/h4-16,22,26-30,36-39H,17-19H2,1-3H3,(H,34,41)(H,35,40)/t22-,26+,27+,28+,29-,30-/m1/s1. The molecule has 9 nitrogen and oxygen atoms in total.